The SMILES string of the molecule is CC(C)[C@@H](N)C(=O)Nc1c(Cl)cc(F)cc1Br. The Bertz CT molecular complexity index is 416. The van der Waals surface area contributed by atoms with Crippen molar-refractivity contribution in [1.29, 1.82) is 0 Å². The summed E-state index contributed by atoms with van der Waals surface area (Å²) in [6, 6.07) is 1.72. The summed E-state index contributed by atoms with van der Waals surface area (Å²) in [7, 11) is 0. The van der Waals surface area contributed by atoms with E-state index in [2.05, 4.69) is 21.2 Å². The van der Waals surface area contributed by atoms with Crippen LogP contribution in [0.4, 0.5) is 10.1 Å². The zero-order valence-corrected chi connectivity index (χ0v) is 11.8. The topological polar surface area (TPSA) is 55.1 Å². The van der Waals surface area contributed by atoms with E-state index in [1.165, 1.54) is 6.07 Å². The molecule has 0 radical (unpaired) electrons. The highest BCUT2D eigenvalue weighted by atomic mass is 79.9. The second-order valence-corrected chi connectivity index (χ2v) is 5.27. The molecule has 0 aliphatic heterocycles. The molecule has 0 fully saturated rings. The molecule has 1 amide bonds. The van der Waals surface area contributed by atoms with Crippen LogP contribution < -0.4 is 11.1 Å². The molecule has 0 bridgehead atoms. The highest BCUT2D eigenvalue weighted by molar-refractivity contribution is 9.10. The van der Waals surface area contributed by atoms with E-state index in [4.69, 9.17) is 17.3 Å². The van der Waals surface area contributed by atoms with Crippen molar-refractivity contribution in [2.75, 3.05) is 5.32 Å². The maximum atomic E-state index is 13.0. The fraction of sp³-hybridized carbons (Fsp3) is 0.364. The molecule has 0 aliphatic rings. The van der Waals surface area contributed by atoms with Crippen LogP contribution in [-0.2, 0) is 4.79 Å². The second-order valence-electron chi connectivity index (χ2n) is 4.00. The average Bonchev–Trinajstić information content (AvgIpc) is 2.21. The summed E-state index contributed by atoms with van der Waals surface area (Å²) in [5.74, 6) is -0.824. The average molecular weight is 324 g/mol. The van der Waals surface area contributed by atoms with Gasteiger partial charge in [0.15, 0.2) is 0 Å². The number of nitrogens with two attached hydrogens (primary N) is 1. The first-order valence-corrected chi connectivity index (χ1v) is 6.21. The molecular weight excluding hydrogens is 310 g/mol. The van der Waals surface area contributed by atoms with Crippen LogP contribution in [0.25, 0.3) is 0 Å². The molecule has 1 atom stereocenters. The van der Waals surface area contributed by atoms with Gasteiger partial charge in [-0.1, -0.05) is 25.4 Å². The van der Waals surface area contributed by atoms with Crippen LogP contribution in [0.5, 0.6) is 0 Å². The van der Waals surface area contributed by atoms with Gasteiger partial charge in [-0.25, -0.2) is 4.39 Å². The predicted octanol–water partition coefficient (Wildman–Crippen LogP) is 3.16. The normalized spacial score (nSPS) is 12.6. The molecule has 3 N–H and O–H groups in total. The lowest BCUT2D eigenvalue weighted by molar-refractivity contribution is -0.118. The molecule has 0 saturated heterocycles. The van der Waals surface area contributed by atoms with Gasteiger partial charge in [-0.3, -0.25) is 4.79 Å². The molecule has 0 saturated carbocycles. The van der Waals surface area contributed by atoms with Gasteiger partial charge in [-0.15, -0.1) is 0 Å². The molecule has 1 aromatic rings. The van der Waals surface area contributed by atoms with Crippen LogP contribution in [0.3, 0.4) is 0 Å². The summed E-state index contributed by atoms with van der Waals surface area (Å²) in [6.07, 6.45) is 0. The molecule has 0 unspecified atom stereocenters. The maximum Gasteiger partial charge on any atom is 0.241 e. The molecule has 0 aliphatic carbocycles. The van der Waals surface area contributed by atoms with Crippen LogP contribution in [0.2, 0.25) is 5.02 Å². The summed E-state index contributed by atoms with van der Waals surface area (Å²) in [5, 5.41) is 2.70. The summed E-state index contributed by atoms with van der Waals surface area (Å²) in [6.45, 7) is 3.68. The van der Waals surface area contributed by atoms with Crippen molar-refractivity contribution < 1.29 is 9.18 Å². The number of carbonyl (C=O) groups is 1. The summed E-state index contributed by atoms with van der Waals surface area (Å²) >= 11 is 8.97. The van der Waals surface area contributed by atoms with Gasteiger partial charge in [0.25, 0.3) is 0 Å². The van der Waals surface area contributed by atoms with Crippen LogP contribution in [0.1, 0.15) is 13.8 Å². The molecule has 0 aromatic heterocycles. The third-order valence-electron chi connectivity index (χ3n) is 2.28. The van der Waals surface area contributed by atoms with Gasteiger partial charge in [0.2, 0.25) is 5.91 Å². The second kappa shape index (κ2) is 5.80. The fourth-order valence-corrected chi connectivity index (χ4v) is 2.07. The van der Waals surface area contributed by atoms with Gasteiger partial charge < -0.3 is 11.1 Å². The first-order chi connectivity index (χ1) is 7.82. The van der Waals surface area contributed by atoms with Gasteiger partial charge in [0.1, 0.15) is 5.82 Å². The predicted molar refractivity (Wildman–Crippen MR) is 70.6 cm³/mol. The van der Waals surface area contributed by atoms with Crippen molar-refractivity contribution in [3.05, 3.63) is 27.4 Å². The Labute approximate surface area is 113 Å². The first-order valence-electron chi connectivity index (χ1n) is 5.04. The molecule has 6 heteroatoms. The monoisotopic (exact) mass is 322 g/mol. The van der Waals surface area contributed by atoms with Crippen molar-refractivity contribution in [3.8, 4) is 0 Å². The number of amides is 1. The van der Waals surface area contributed by atoms with Crippen molar-refractivity contribution in [3.63, 3.8) is 0 Å². The molecule has 3 nitrogen and oxygen atoms in total. The lowest BCUT2D eigenvalue weighted by Crippen LogP contribution is -2.39. The van der Waals surface area contributed by atoms with Crippen molar-refractivity contribution >= 4 is 39.1 Å². The van der Waals surface area contributed by atoms with Crippen molar-refractivity contribution in [1.82, 2.24) is 0 Å². The van der Waals surface area contributed by atoms with E-state index < -0.39 is 11.9 Å². The van der Waals surface area contributed by atoms with E-state index >= 15 is 0 Å². The number of benzene rings is 1. The van der Waals surface area contributed by atoms with Crippen molar-refractivity contribution in [2.24, 2.45) is 11.7 Å². The highest BCUT2D eigenvalue weighted by Gasteiger charge is 2.19. The number of carbonyl (C=O) groups excluding carboxylic acids is 1. The number of nitrogens with one attached hydrogen (secondary N) is 1. The Morgan fingerprint density at radius 2 is 2.12 bits per heavy atom. The van der Waals surface area contributed by atoms with Gasteiger partial charge >= 0.3 is 0 Å². The Morgan fingerprint density at radius 3 is 2.59 bits per heavy atom. The summed E-state index contributed by atoms with van der Waals surface area (Å²) in [4.78, 5) is 11.7. The largest absolute Gasteiger partial charge is 0.322 e. The number of hydrogen-bond donors (Lipinski definition) is 2. The minimum absolute atomic E-state index is 0.00741. The van der Waals surface area contributed by atoms with Crippen LogP contribution in [-0.4, -0.2) is 11.9 Å². The van der Waals surface area contributed by atoms with Crippen LogP contribution in [0.15, 0.2) is 16.6 Å². The minimum Gasteiger partial charge on any atom is -0.322 e. The van der Waals surface area contributed by atoms with E-state index in [0.29, 0.717) is 10.2 Å². The van der Waals surface area contributed by atoms with Gasteiger partial charge in [0, 0.05) is 4.47 Å². The van der Waals surface area contributed by atoms with E-state index in [9.17, 15) is 9.18 Å². The zero-order chi connectivity index (χ0) is 13.2. The third-order valence-corrected chi connectivity index (χ3v) is 3.20. The molecule has 94 valence electrons. The molecule has 0 heterocycles. The number of rotatable bonds is 3. The highest BCUT2D eigenvalue weighted by Crippen LogP contribution is 2.31. The van der Waals surface area contributed by atoms with E-state index in [0.717, 1.165) is 6.07 Å². The Morgan fingerprint density at radius 1 is 1.53 bits per heavy atom. The van der Waals surface area contributed by atoms with Gasteiger partial charge in [-0.2, -0.15) is 0 Å². The standard InChI is InChI=1S/C11H13BrClFN2O/c1-5(2)9(15)11(17)16-10-7(12)3-6(14)4-8(10)13/h3-5,9H,15H2,1-2H3,(H,16,17)/t9-/m1/s1. The Kier molecular flexibility index (Phi) is 4.91. The number of anilines is 1. The molecule has 1 rings (SSSR count). The summed E-state index contributed by atoms with van der Waals surface area (Å²) < 4.78 is 13.4. The lowest BCUT2D eigenvalue weighted by Gasteiger charge is -2.16. The minimum atomic E-state index is -0.636. The lowest BCUT2D eigenvalue weighted by atomic mass is 10.0. The van der Waals surface area contributed by atoms with Gasteiger partial charge in [0.05, 0.1) is 16.8 Å². The number of halogens is 3. The smallest absolute Gasteiger partial charge is 0.241 e. The molecule has 0 spiro atoms. The first kappa shape index (κ1) is 14.4. The Hall–Kier alpha value is -0.650. The molecule has 1 aromatic carbocycles. The van der Waals surface area contributed by atoms with Crippen LogP contribution >= 0.6 is 27.5 Å². The molecular formula is C11H13BrClFN2O. The third kappa shape index (κ3) is 3.66. The zero-order valence-electron chi connectivity index (χ0n) is 9.43. The Balaban J connectivity index is 2.93. The summed E-state index contributed by atoms with van der Waals surface area (Å²) in [5.41, 5.74) is 6.02. The fourth-order valence-electron chi connectivity index (χ4n) is 1.17. The quantitative estimate of drug-likeness (QED) is 0.897. The van der Waals surface area contributed by atoms with E-state index in [1.807, 2.05) is 13.8 Å². The van der Waals surface area contributed by atoms with E-state index in [-0.39, 0.29) is 16.8 Å². The number of hydrogen-bond acceptors (Lipinski definition) is 2. The van der Waals surface area contributed by atoms with Crippen molar-refractivity contribution in [2.45, 2.75) is 19.9 Å². The maximum absolute atomic E-state index is 13.0. The van der Waals surface area contributed by atoms with E-state index in [1.54, 1.807) is 0 Å². The van der Waals surface area contributed by atoms with Gasteiger partial charge in [-0.05, 0) is 34.0 Å². The molecule has 17 heavy (non-hydrogen) atoms. The van der Waals surface area contributed by atoms with Crippen LogP contribution in [0, 0.1) is 11.7 Å².